The smallest absolute Gasteiger partial charge is 0.252 e. The number of thioether (sulfide) groups is 1. The summed E-state index contributed by atoms with van der Waals surface area (Å²) in [7, 11) is 3.28. The zero-order chi connectivity index (χ0) is 20.1. The molecule has 0 radical (unpaired) electrons. The zero-order valence-corrected chi connectivity index (χ0v) is 18.2. The molecule has 5 nitrogen and oxygen atoms in total. The van der Waals surface area contributed by atoms with E-state index >= 15 is 0 Å². The topological polar surface area (TPSA) is 52.8 Å². The van der Waals surface area contributed by atoms with E-state index in [0.717, 1.165) is 33.0 Å². The van der Waals surface area contributed by atoms with Crippen molar-refractivity contribution in [1.29, 1.82) is 0 Å². The molecule has 1 aromatic heterocycles. The van der Waals surface area contributed by atoms with Crippen LogP contribution in [0.3, 0.4) is 0 Å². The van der Waals surface area contributed by atoms with E-state index in [9.17, 15) is 4.79 Å². The molecular formula is C21H24N2O3S2. The number of methoxy groups -OCH3 is 2. The Morgan fingerprint density at radius 2 is 1.75 bits per heavy atom. The van der Waals surface area contributed by atoms with Crippen molar-refractivity contribution in [2.24, 2.45) is 4.99 Å². The van der Waals surface area contributed by atoms with Gasteiger partial charge in [-0.05, 0) is 42.5 Å². The number of amides is 1. The van der Waals surface area contributed by atoms with E-state index in [1.807, 2.05) is 35.8 Å². The summed E-state index contributed by atoms with van der Waals surface area (Å²) >= 11 is 3.23. The van der Waals surface area contributed by atoms with Gasteiger partial charge in [-0.3, -0.25) is 4.79 Å². The van der Waals surface area contributed by atoms with Crippen molar-refractivity contribution in [3.8, 4) is 11.5 Å². The molecule has 0 saturated carbocycles. The van der Waals surface area contributed by atoms with Gasteiger partial charge >= 0.3 is 0 Å². The lowest BCUT2D eigenvalue weighted by Gasteiger charge is -2.08. The number of hydrogen-bond donors (Lipinski definition) is 0. The molecule has 0 aliphatic heterocycles. The van der Waals surface area contributed by atoms with Crippen molar-refractivity contribution < 1.29 is 14.3 Å². The van der Waals surface area contributed by atoms with Crippen LogP contribution in [0.2, 0.25) is 0 Å². The van der Waals surface area contributed by atoms with Crippen LogP contribution in [0.4, 0.5) is 0 Å². The molecule has 148 valence electrons. The molecule has 2 aromatic carbocycles. The maximum Gasteiger partial charge on any atom is 0.252 e. The molecule has 0 spiro atoms. The third kappa shape index (κ3) is 4.25. The number of nitrogens with zero attached hydrogens (tertiary/aromatic N) is 2. The fraction of sp³-hybridized carbons (Fsp3) is 0.333. The highest BCUT2D eigenvalue weighted by Crippen LogP contribution is 2.35. The number of fused-ring (bicyclic) bond motifs is 1. The lowest BCUT2D eigenvalue weighted by atomic mass is 10.1. The van der Waals surface area contributed by atoms with Gasteiger partial charge in [-0.25, -0.2) is 0 Å². The van der Waals surface area contributed by atoms with Gasteiger partial charge in [0.15, 0.2) is 4.80 Å². The fourth-order valence-corrected chi connectivity index (χ4v) is 4.91. The molecule has 0 fully saturated rings. The van der Waals surface area contributed by atoms with E-state index in [2.05, 4.69) is 24.0 Å². The first kappa shape index (κ1) is 20.5. The average Bonchev–Trinajstić information content (AvgIpc) is 3.06. The van der Waals surface area contributed by atoms with Gasteiger partial charge < -0.3 is 14.0 Å². The third-order valence-electron chi connectivity index (χ3n) is 4.32. The predicted molar refractivity (Wildman–Crippen MR) is 116 cm³/mol. The molecule has 28 heavy (non-hydrogen) atoms. The summed E-state index contributed by atoms with van der Waals surface area (Å²) < 4.78 is 13.9. The average molecular weight is 417 g/mol. The monoisotopic (exact) mass is 416 g/mol. The van der Waals surface area contributed by atoms with Crippen molar-refractivity contribution in [3.63, 3.8) is 0 Å². The molecule has 1 heterocycles. The van der Waals surface area contributed by atoms with Gasteiger partial charge in [0.2, 0.25) is 0 Å². The molecule has 3 aromatic rings. The molecule has 3 rings (SSSR count). The maximum absolute atomic E-state index is 12.6. The van der Waals surface area contributed by atoms with Crippen LogP contribution in [0.1, 0.15) is 19.4 Å². The molecule has 0 unspecified atom stereocenters. The normalized spacial score (nSPS) is 11.8. The Bertz CT molecular complexity index is 1040. The first-order chi connectivity index (χ1) is 13.6. The third-order valence-corrected chi connectivity index (χ3v) is 6.31. The van der Waals surface area contributed by atoms with Gasteiger partial charge in [0, 0.05) is 11.4 Å². The summed E-state index contributed by atoms with van der Waals surface area (Å²) in [6, 6.07) is 11.9. The number of ether oxygens (including phenoxy) is 2. The molecule has 7 heteroatoms. The Hall–Kier alpha value is -2.25. The number of thiazole rings is 1. The molecule has 0 bridgehead atoms. The Kier molecular flexibility index (Phi) is 6.80. The number of benzene rings is 2. The minimum absolute atomic E-state index is 0.164. The largest absolute Gasteiger partial charge is 0.495 e. The molecule has 0 aliphatic rings. The molecule has 1 amide bonds. The highest BCUT2D eigenvalue weighted by molar-refractivity contribution is 7.99. The summed E-state index contributed by atoms with van der Waals surface area (Å²) in [5.41, 5.74) is 1.87. The van der Waals surface area contributed by atoms with E-state index in [4.69, 9.17) is 9.47 Å². The van der Waals surface area contributed by atoms with Crippen LogP contribution in [0.25, 0.3) is 10.2 Å². The number of hydrogen-bond acceptors (Lipinski definition) is 5. The van der Waals surface area contributed by atoms with E-state index < -0.39 is 0 Å². The molecule has 0 saturated heterocycles. The quantitative estimate of drug-likeness (QED) is 0.531. The zero-order valence-electron chi connectivity index (χ0n) is 16.5. The lowest BCUT2D eigenvalue weighted by molar-refractivity contribution is -0.117. The van der Waals surface area contributed by atoms with E-state index in [1.165, 1.54) is 16.2 Å². The van der Waals surface area contributed by atoms with Crippen LogP contribution in [-0.2, 0) is 17.8 Å². The van der Waals surface area contributed by atoms with E-state index in [0.29, 0.717) is 11.3 Å². The summed E-state index contributed by atoms with van der Waals surface area (Å²) in [5, 5.41) is 0. The lowest BCUT2D eigenvalue weighted by Crippen LogP contribution is -2.16. The van der Waals surface area contributed by atoms with Crippen LogP contribution in [0.5, 0.6) is 11.5 Å². The maximum atomic E-state index is 12.6. The number of aryl methyl sites for hydroxylation is 1. The Balaban J connectivity index is 1.97. The first-order valence-corrected chi connectivity index (χ1v) is 10.9. The SMILES string of the molecule is CCSc1ccc(CC(=O)N=c2sc3c(OC)ccc(OC)c3n2CC)cc1. The molecule has 0 atom stereocenters. The standard InChI is InChI=1S/C21H24N2O3S2/c1-5-23-19-16(25-3)11-12-17(26-4)20(19)28-21(23)22-18(24)13-14-7-9-15(10-8-14)27-6-2/h7-12H,5-6,13H2,1-4H3. The van der Waals surface area contributed by atoms with Crippen LogP contribution >= 0.6 is 23.1 Å². The van der Waals surface area contributed by atoms with Crippen molar-refractivity contribution in [3.05, 3.63) is 46.8 Å². The van der Waals surface area contributed by atoms with Gasteiger partial charge in [0.05, 0.1) is 20.6 Å². The second kappa shape index (κ2) is 9.30. The van der Waals surface area contributed by atoms with E-state index in [-0.39, 0.29) is 12.3 Å². The number of rotatable bonds is 7. The van der Waals surface area contributed by atoms with Crippen molar-refractivity contribution in [2.45, 2.75) is 31.7 Å². The van der Waals surface area contributed by atoms with Gasteiger partial charge in [0.25, 0.3) is 5.91 Å². The highest BCUT2D eigenvalue weighted by Gasteiger charge is 2.15. The Morgan fingerprint density at radius 3 is 2.36 bits per heavy atom. The van der Waals surface area contributed by atoms with Crippen molar-refractivity contribution in [2.75, 3.05) is 20.0 Å². The van der Waals surface area contributed by atoms with Crippen LogP contribution in [0.15, 0.2) is 46.3 Å². The number of aromatic nitrogens is 1. The Morgan fingerprint density at radius 1 is 1.07 bits per heavy atom. The number of carbonyl (C=O) groups is 1. The summed E-state index contributed by atoms with van der Waals surface area (Å²) in [6.45, 7) is 4.83. The second-order valence-corrected chi connectivity index (χ2v) is 8.35. The van der Waals surface area contributed by atoms with Gasteiger partial charge in [-0.2, -0.15) is 4.99 Å². The van der Waals surface area contributed by atoms with Crippen LogP contribution in [-0.4, -0.2) is 30.4 Å². The van der Waals surface area contributed by atoms with Crippen molar-refractivity contribution in [1.82, 2.24) is 4.57 Å². The highest BCUT2D eigenvalue weighted by atomic mass is 32.2. The molecule has 0 N–H and O–H groups in total. The summed E-state index contributed by atoms with van der Waals surface area (Å²) in [4.78, 5) is 18.9. The molecular weight excluding hydrogens is 392 g/mol. The summed E-state index contributed by atoms with van der Waals surface area (Å²) in [6.07, 6.45) is 0.281. The Labute approximate surface area is 173 Å². The second-order valence-electron chi connectivity index (χ2n) is 6.04. The van der Waals surface area contributed by atoms with E-state index in [1.54, 1.807) is 26.0 Å². The van der Waals surface area contributed by atoms with Gasteiger partial charge in [-0.1, -0.05) is 30.4 Å². The van der Waals surface area contributed by atoms with Crippen molar-refractivity contribution >= 4 is 39.2 Å². The van der Waals surface area contributed by atoms with Gasteiger partial charge in [0.1, 0.15) is 21.7 Å². The van der Waals surface area contributed by atoms with Gasteiger partial charge in [-0.15, -0.1) is 11.8 Å². The minimum atomic E-state index is -0.164. The first-order valence-electron chi connectivity index (χ1n) is 9.14. The van der Waals surface area contributed by atoms with Crippen LogP contribution < -0.4 is 14.3 Å². The minimum Gasteiger partial charge on any atom is -0.495 e. The fourth-order valence-electron chi connectivity index (χ4n) is 3.02. The molecule has 0 aliphatic carbocycles. The van der Waals surface area contributed by atoms with Crippen LogP contribution in [0, 0.1) is 0 Å². The predicted octanol–water partition coefficient (Wildman–Crippen LogP) is 4.52. The number of carbonyl (C=O) groups excluding carboxylic acids is 1. The summed E-state index contributed by atoms with van der Waals surface area (Å²) in [5.74, 6) is 2.36.